The lowest BCUT2D eigenvalue weighted by Gasteiger charge is -2.31. The minimum atomic E-state index is -3.27. The van der Waals surface area contributed by atoms with Gasteiger partial charge in [0.05, 0.1) is 16.3 Å². The molecular weight excluding hydrogens is 488 g/mol. The van der Waals surface area contributed by atoms with Crippen molar-refractivity contribution in [1.29, 1.82) is 0 Å². The molecule has 3 aromatic carbocycles. The molecule has 0 amide bonds. The van der Waals surface area contributed by atoms with Gasteiger partial charge in [-0.2, -0.15) is 0 Å². The molecule has 182 valence electrons. The summed E-state index contributed by atoms with van der Waals surface area (Å²) >= 11 is 13.2. The summed E-state index contributed by atoms with van der Waals surface area (Å²) in [6.07, 6.45) is 0. The van der Waals surface area contributed by atoms with Gasteiger partial charge in [-0.05, 0) is 47.2 Å². The topological polar surface area (TPSA) is 62.0 Å². The Labute approximate surface area is 212 Å². The third-order valence-electron chi connectivity index (χ3n) is 5.65. The molecule has 0 unspecified atom stereocenters. The Hall–Kier alpha value is -1.97. The van der Waals surface area contributed by atoms with Crippen LogP contribution in [-0.4, -0.2) is 17.3 Å². The Morgan fingerprint density at radius 2 is 1.15 bits per heavy atom. The summed E-state index contributed by atoms with van der Waals surface area (Å²) in [4.78, 5) is 0. The summed E-state index contributed by atoms with van der Waals surface area (Å²) in [5.74, 6) is 0.0897. The largest absolute Gasteiger partial charge is 0.507 e. The van der Waals surface area contributed by atoms with Crippen LogP contribution < -0.4 is 10.6 Å². The predicted molar refractivity (Wildman–Crippen MR) is 145 cm³/mol. The van der Waals surface area contributed by atoms with Crippen LogP contribution in [0, 0.1) is 0 Å². The molecule has 3 rings (SSSR count). The van der Waals surface area contributed by atoms with Gasteiger partial charge in [-0.3, -0.25) is 0 Å². The Morgan fingerprint density at radius 1 is 0.735 bits per heavy atom. The van der Waals surface area contributed by atoms with Crippen molar-refractivity contribution in [2.75, 3.05) is 7.11 Å². The predicted octanol–water partition coefficient (Wildman–Crippen LogP) is 8.04. The van der Waals surface area contributed by atoms with Crippen LogP contribution in [0.2, 0.25) is 10.0 Å². The van der Waals surface area contributed by atoms with Crippen molar-refractivity contribution in [3.63, 3.8) is 0 Å². The SMILES string of the molecule is COP(=Nc1ccccc1)(c1cc(Cl)cc(C(C)(C)C)c1O)c1cc(Cl)cc(C(C)(C)C)c1O. The van der Waals surface area contributed by atoms with E-state index in [1.807, 2.05) is 71.9 Å². The minimum absolute atomic E-state index is 0.0449. The van der Waals surface area contributed by atoms with Crippen molar-refractivity contribution >= 4 is 46.8 Å². The molecule has 0 spiro atoms. The van der Waals surface area contributed by atoms with Gasteiger partial charge in [-0.1, -0.05) is 82.9 Å². The van der Waals surface area contributed by atoms with Crippen molar-refractivity contribution in [3.8, 4) is 11.5 Å². The molecule has 2 N–H and O–H groups in total. The number of rotatable bonds is 4. The van der Waals surface area contributed by atoms with Gasteiger partial charge in [0.25, 0.3) is 0 Å². The van der Waals surface area contributed by atoms with E-state index in [0.717, 1.165) is 0 Å². The monoisotopic (exact) mass is 519 g/mol. The molecule has 0 radical (unpaired) electrons. The number of hydrogen-bond acceptors (Lipinski definition) is 4. The van der Waals surface area contributed by atoms with Crippen molar-refractivity contribution in [2.45, 2.75) is 52.4 Å². The van der Waals surface area contributed by atoms with E-state index in [9.17, 15) is 10.2 Å². The summed E-state index contributed by atoms with van der Waals surface area (Å²) in [6, 6.07) is 16.2. The molecule has 3 aromatic rings. The van der Waals surface area contributed by atoms with Crippen LogP contribution in [0.5, 0.6) is 11.5 Å². The molecule has 0 aromatic heterocycles. The van der Waals surface area contributed by atoms with E-state index in [2.05, 4.69) is 0 Å². The summed E-state index contributed by atoms with van der Waals surface area (Å²) < 4.78 is 11.3. The maximum Gasteiger partial charge on any atom is 0.155 e. The third kappa shape index (κ3) is 5.16. The lowest BCUT2D eigenvalue weighted by atomic mass is 9.86. The molecule has 0 aliphatic rings. The average Bonchev–Trinajstić information content (AvgIpc) is 2.74. The van der Waals surface area contributed by atoms with Crippen molar-refractivity contribution < 1.29 is 14.7 Å². The quantitative estimate of drug-likeness (QED) is 0.342. The molecule has 0 aliphatic heterocycles. The van der Waals surface area contributed by atoms with E-state index in [0.29, 0.717) is 37.5 Å². The van der Waals surface area contributed by atoms with Crippen molar-refractivity contribution in [1.82, 2.24) is 0 Å². The highest BCUT2D eigenvalue weighted by Gasteiger charge is 2.36. The number of halogens is 2. The molecule has 0 saturated carbocycles. The van der Waals surface area contributed by atoms with E-state index in [-0.39, 0.29) is 11.5 Å². The summed E-state index contributed by atoms with van der Waals surface area (Å²) in [5.41, 5.74) is 1.18. The maximum absolute atomic E-state index is 11.6. The first kappa shape index (κ1) is 26.6. The van der Waals surface area contributed by atoms with Crippen LogP contribution >= 0.6 is 30.5 Å². The van der Waals surface area contributed by atoms with Crippen LogP contribution in [0.15, 0.2) is 59.3 Å². The Morgan fingerprint density at radius 3 is 1.50 bits per heavy atom. The first-order chi connectivity index (χ1) is 15.7. The van der Waals surface area contributed by atoms with Gasteiger partial charge in [0.2, 0.25) is 0 Å². The summed E-state index contributed by atoms with van der Waals surface area (Å²) in [5, 5.41) is 24.9. The zero-order chi connectivity index (χ0) is 25.5. The van der Waals surface area contributed by atoms with Gasteiger partial charge in [-0.15, -0.1) is 0 Å². The molecule has 34 heavy (non-hydrogen) atoms. The fraction of sp³-hybridized carbons (Fsp3) is 0.333. The van der Waals surface area contributed by atoms with Crippen LogP contribution in [-0.2, 0) is 15.4 Å². The zero-order valence-electron chi connectivity index (χ0n) is 20.6. The Kier molecular flexibility index (Phi) is 7.51. The van der Waals surface area contributed by atoms with E-state index in [1.54, 1.807) is 24.3 Å². The minimum Gasteiger partial charge on any atom is -0.507 e. The highest BCUT2D eigenvalue weighted by Crippen LogP contribution is 2.56. The maximum atomic E-state index is 11.6. The second kappa shape index (κ2) is 9.59. The molecule has 0 bridgehead atoms. The molecule has 7 heteroatoms. The van der Waals surface area contributed by atoms with Crippen LogP contribution in [0.3, 0.4) is 0 Å². The van der Waals surface area contributed by atoms with Crippen molar-refractivity contribution in [2.24, 2.45) is 4.74 Å². The zero-order valence-corrected chi connectivity index (χ0v) is 23.1. The first-order valence-electron chi connectivity index (χ1n) is 11.0. The number of benzene rings is 3. The lowest BCUT2D eigenvalue weighted by Crippen LogP contribution is -2.24. The molecular formula is C27H32Cl2NO3P. The Bertz CT molecular complexity index is 1190. The van der Waals surface area contributed by atoms with Gasteiger partial charge in [-0.25, -0.2) is 4.74 Å². The van der Waals surface area contributed by atoms with Crippen LogP contribution in [0.4, 0.5) is 5.69 Å². The third-order valence-corrected chi connectivity index (χ3v) is 9.12. The standard InChI is InChI=1S/C27H32Cl2NO3P/c1-26(2,3)20-13-17(28)15-22(24(20)31)34(33-7,30-19-11-9-8-10-12-19)23-16-18(29)14-21(25(23)32)27(4,5)6/h8-16,31-32H,1-7H3. The smallest absolute Gasteiger partial charge is 0.155 e. The number of phenols is 2. The summed E-state index contributed by atoms with van der Waals surface area (Å²) in [7, 11) is -1.73. The molecule has 0 aliphatic carbocycles. The molecule has 0 heterocycles. The van der Waals surface area contributed by atoms with E-state index < -0.39 is 18.1 Å². The number of hydrogen-bond donors (Lipinski definition) is 2. The van der Waals surface area contributed by atoms with E-state index in [4.69, 9.17) is 32.5 Å². The van der Waals surface area contributed by atoms with Gasteiger partial charge in [0.1, 0.15) is 11.5 Å². The fourth-order valence-electron chi connectivity index (χ4n) is 3.91. The number of phenolic OH excluding ortho intramolecular Hbond substituents is 2. The van der Waals surface area contributed by atoms with E-state index in [1.165, 1.54) is 7.11 Å². The molecule has 4 nitrogen and oxygen atoms in total. The highest BCUT2D eigenvalue weighted by atomic mass is 35.5. The van der Waals surface area contributed by atoms with Crippen LogP contribution in [0.25, 0.3) is 0 Å². The van der Waals surface area contributed by atoms with Crippen molar-refractivity contribution in [3.05, 3.63) is 75.8 Å². The molecule has 0 fully saturated rings. The van der Waals surface area contributed by atoms with Gasteiger partial charge >= 0.3 is 0 Å². The molecule has 0 atom stereocenters. The average molecular weight is 520 g/mol. The van der Waals surface area contributed by atoms with E-state index >= 15 is 0 Å². The summed E-state index contributed by atoms with van der Waals surface area (Å²) in [6.45, 7) is 12.0. The van der Waals surface area contributed by atoms with Gasteiger partial charge < -0.3 is 14.7 Å². The highest BCUT2D eigenvalue weighted by molar-refractivity contribution is 7.77. The lowest BCUT2D eigenvalue weighted by molar-refractivity contribution is 0.440. The second-order valence-corrected chi connectivity index (χ2v) is 13.9. The van der Waals surface area contributed by atoms with Gasteiger partial charge in [0, 0.05) is 28.3 Å². The Balaban J connectivity index is 2.57. The number of aromatic hydroxyl groups is 2. The van der Waals surface area contributed by atoms with Crippen LogP contribution in [0.1, 0.15) is 52.7 Å². The first-order valence-corrected chi connectivity index (χ1v) is 13.4. The second-order valence-electron chi connectivity index (χ2n) is 10.3. The number of nitrogens with zero attached hydrogens (tertiary/aromatic N) is 1. The fourth-order valence-corrected chi connectivity index (χ4v) is 7.35. The molecule has 0 saturated heterocycles. The normalized spacial score (nSPS) is 12.6. The van der Waals surface area contributed by atoms with Gasteiger partial charge in [0.15, 0.2) is 7.28 Å².